The fourth-order valence-corrected chi connectivity index (χ4v) is 1.69. The fourth-order valence-electron chi connectivity index (χ4n) is 1.60. The van der Waals surface area contributed by atoms with Gasteiger partial charge in [0.25, 0.3) is 0 Å². The first-order valence-electron chi connectivity index (χ1n) is 5.55. The Morgan fingerprint density at radius 1 is 1.38 bits per heavy atom. The fraction of sp³-hybridized carbons (Fsp3) is 0.462. The molecule has 0 saturated heterocycles. The molecule has 16 heavy (non-hydrogen) atoms. The van der Waals surface area contributed by atoms with E-state index in [2.05, 4.69) is 5.32 Å². The molecule has 1 aromatic rings. The van der Waals surface area contributed by atoms with Crippen molar-refractivity contribution < 1.29 is 4.79 Å². The first-order chi connectivity index (χ1) is 7.64. The molecule has 0 fully saturated rings. The van der Waals surface area contributed by atoms with Crippen LogP contribution in [-0.4, -0.2) is 23.7 Å². The molecule has 0 heterocycles. The Kier molecular flexibility index (Phi) is 4.97. The van der Waals surface area contributed by atoms with Crippen LogP contribution in [0.5, 0.6) is 0 Å². The van der Waals surface area contributed by atoms with E-state index in [1.54, 1.807) is 0 Å². The van der Waals surface area contributed by atoms with Gasteiger partial charge in [-0.3, -0.25) is 4.79 Å². The van der Waals surface area contributed by atoms with E-state index in [1.165, 1.54) is 0 Å². The normalized spacial score (nSPS) is 14.4. The number of hydrogen-bond acceptors (Lipinski definition) is 2. The highest BCUT2D eigenvalue weighted by molar-refractivity contribution is 6.18. The number of halogens is 1. The molecular formula is C13H18ClNO. The van der Waals surface area contributed by atoms with Crippen LogP contribution in [0.4, 0.5) is 0 Å². The van der Waals surface area contributed by atoms with Crippen molar-refractivity contribution in [1.29, 1.82) is 0 Å². The largest absolute Gasteiger partial charge is 0.304 e. The number of ketones is 1. The Labute approximate surface area is 102 Å². The second-order valence-corrected chi connectivity index (χ2v) is 4.37. The highest BCUT2D eigenvalue weighted by Crippen LogP contribution is 2.16. The molecule has 0 radical (unpaired) electrons. The Morgan fingerprint density at radius 2 is 2.00 bits per heavy atom. The number of alkyl halides is 1. The zero-order valence-electron chi connectivity index (χ0n) is 9.79. The maximum atomic E-state index is 12.3. The van der Waals surface area contributed by atoms with Gasteiger partial charge in [0.05, 0.1) is 5.54 Å². The van der Waals surface area contributed by atoms with Gasteiger partial charge >= 0.3 is 0 Å². The van der Waals surface area contributed by atoms with Crippen molar-refractivity contribution >= 4 is 17.4 Å². The lowest BCUT2D eigenvalue weighted by atomic mass is 9.88. The van der Waals surface area contributed by atoms with Gasteiger partial charge in [0.1, 0.15) is 0 Å². The van der Waals surface area contributed by atoms with Crippen LogP contribution >= 0.6 is 11.6 Å². The maximum absolute atomic E-state index is 12.3. The molecular weight excluding hydrogens is 222 g/mol. The van der Waals surface area contributed by atoms with Gasteiger partial charge in [-0.05, 0) is 13.3 Å². The first kappa shape index (κ1) is 13.2. The molecule has 0 spiro atoms. The molecule has 0 bridgehead atoms. The summed E-state index contributed by atoms with van der Waals surface area (Å²) in [7, 11) is 0. The van der Waals surface area contributed by atoms with Crippen molar-refractivity contribution in [3.05, 3.63) is 35.9 Å². The van der Waals surface area contributed by atoms with Crippen molar-refractivity contribution in [3.8, 4) is 0 Å². The van der Waals surface area contributed by atoms with E-state index < -0.39 is 5.54 Å². The van der Waals surface area contributed by atoms with Gasteiger partial charge in [0.2, 0.25) is 0 Å². The number of hydrogen-bond donors (Lipinski definition) is 1. The van der Waals surface area contributed by atoms with Crippen LogP contribution < -0.4 is 5.32 Å². The average Bonchev–Trinajstić information content (AvgIpc) is 2.36. The molecule has 0 aliphatic heterocycles. The third kappa shape index (κ3) is 3.06. The number of rotatable bonds is 6. The van der Waals surface area contributed by atoms with Gasteiger partial charge in [0.15, 0.2) is 5.78 Å². The molecule has 2 nitrogen and oxygen atoms in total. The first-order valence-corrected chi connectivity index (χ1v) is 6.08. The Balaban J connectivity index is 2.84. The number of Topliss-reactive ketones (excluding diaryl/α,β-unsaturated/α-hetero) is 1. The summed E-state index contributed by atoms with van der Waals surface area (Å²) in [5.74, 6) is 0.637. The minimum Gasteiger partial charge on any atom is -0.304 e. The molecule has 0 aliphatic rings. The topological polar surface area (TPSA) is 29.1 Å². The van der Waals surface area contributed by atoms with Gasteiger partial charge in [-0.1, -0.05) is 37.3 Å². The van der Waals surface area contributed by atoms with Gasteiger partial charge in [-0.25, -0.2) is 0 Å². The molecule has 1 N–H and O–H groups in total. The van der Waals surface area contributed by atoms with Gasteiger partial charge in [-0.15, -0.1) is 11.6 Å². The Hall–Kier alpha value is -0.860. The SMILES string of the molecule is CCC(C)(NCCCl)C(=O)c1ccccc1. The van der Waals surface area contributed by atoms with E-state index in [1.807, 2.05) is 44.2 Å². The van der Waals surface area contributed by atoms with Crippen molar-refractivity contribution in [2.24, 2.45) is 0 Å². The van der Waals surface area contributed by atoms with Gasteiger partial charge in [0, 0.05) is 18.0 Å². The van der Waals surface area contributed by atoms with E-state index in [4.69, 9.17) is 11.6 Å². The van der Waals surface area contributed by atoms with Crippen LogP contribution in [-0.2, 0) is 0 Å². The lowest BCUT2D eigenvalue weighted by molar-refractivity contribution is 0.0864. The van der Waals surface area contributed by atoms with E-state index in [-0.39, 0.29) is 5.78 Å². The van der Waals surface area contributed by atoms with Crippen molar-refractivity contribution in [2.75, 3.05) is 12.4 Å². The summed E-state index contributed by atoms with van der Waals surface area (Å²) < 4.78 is 0. The molecule has 1 unspecified atom stereocenters. The van der Waals surface area contributed by atoms with E-state index in [0.29, 0.717) is 12.4 Å². The zero-order valence-corrected chi connectivity index (χ0v) is 10.6. The van der Waals surface area contributed by atoms with Crippen LogP contribution in [0.25, 0.3) is 0 Å². The second kappa shape index (κ2) is 6.02. The summed E-state index contributed by atoms with van der Waals surface area (Å²) in [4.78, 5) is 12.3. The van der Waals surface area contributed by atoms with Crippen molar-refractivity contribution in [3.63, 3.8) is 0 Å². The zero-order chi connectivity index (χ0) is 12.0. The molecule has 88 valence electrons. The predicted octanol–water partition coefficient (Wildman–Crippen LogP) is 2.87. The smallest absolute Gasteiger partial charge is 0.182 e. The number of carbonyl (C=O) groups excluding carboxylic acids is 1. The maximum Gasteiger partial charge on any atom is 0.182 e. The molecule has 1 atom stereocenters. The number of nitrogens with one attached hydrogen (secondary N) is 1. The highest BCUT2D eigenvalue weighted by atomic mass is 35.5. The average molecular weight is 240 g/mol. The van der Waals surface area contributed by atoms with Crippen LogP contribution in [0, 0.1) is 0 Å². The molecule has 1 aromatic carbocycles. The monoisotopic (exact) mass is 239 g/mol. The molecule has 1 rings (SSSR count). The predicted molar refractivity (Wildman–Crippen MR) is 68.2 cm³/mol. The summed E-state index contributed by atoms with van der Waals surface area (Å²) in [5, 5.41) is 3.21. The van der Waals surface area contributed by atoms with Gasteiger partial charge in [-0.2, -0.15) is 0 Å². The standard InChI is InChI=1S/C13H18ClNO/c1-3-13(2,15-10-9-14)12(16)11-7-5-4-6-8-11/h4-8,15H,3,9-10H2,1-2H3. The third-order valence-corrected chi connectivity index (χ3v) is 3.04. The van der Waals surface area contributed by atoms with Gasteiger partial charge < -0.3 is 5.32 Å². The van der Waals surface area contributed by atoms with Crippen LogP contribution in [0.1, 0.15) is 30.6 Å². The lowest BCUT2D eigenvalue weighted by Crippen LogP contribution is -2.49. The van der Waals surface area contributed by atoms with Crippen molar-refractivity contribution in [2.45, 2.75) is 25.8 Å². The third-order valence-electron chi connectivity index (χ3n) is 2.85. The highest BCUT2D eigenvalue weighted by Gasteiger charge is 2.30. The summed E-state index contributed by atoms with van der Waals surface area (Å²) in [5.41, 5.74) is 0.227. The molecule has 0 aromatic heterocycles. The molecule has 0 aliphatic carbocycles. The van der Waals surface area contributed by atoms with E-state index in [9.17, 15) is 4.79 Å². The van der Waals surface area contributed by atoms with Crippen LogP contribution in [0.2, 0.25) is 0 Å². The quantitative estimate of drug-likeness (QED) is 0.611. The lowest BCUT2D eigenvalue weighted by Gasteiger charge is -2.28. The summed E-state index contributed by atoms with van der Waals surface area (Å²) in [6, 6.07) is 9.36. The second-order valence-electron chi connectivity index (χ2n) is 4.00. The minimum absolute atomic E-state index is 0.126. The molecule has 0 saturated carbocycles. The van der Waals surface area contributed by atoms with E-state index >= 15 is 0 Å². The van der Waals surface area contributed by atoms with Crippen LogP contribution in [0.3, 0.4) is 0 Å². The Morgan fingerprint density at radius 3 is 2.50 bits per heavy atom. The van der Waals surface area contributed by atoms with Crippen molar-refractivity contribution in [1.82, 2.24) is 5.32 Å². The summed E-state index contributed by atoms with van der Waals surface area (Å²) >= 11 is 5.64. The molecule has 0 amide bonds. The molecule has 3 heteroatoms. The van der Waals surface area contributed by atoms with E-state index in [0.717, 1.165) is 12.0 Å². The number of carbonyl (C=O) groups is 1. The Bertz CT molecular complexity index is 339. The number of benzene rings is 1. The summed E-state index contributed by atoms with van der Waals surface area (Å²) in [6.45, 7) is 4.57. The van der Waals surface area contributed by atoms with Crippen LogP contribution in [0.15, 0.2) is 30.3 Å². The summed E-state index contributed by atoms with van der Waals surface area (Å²) in [6.07, 6.45) is 0.748. The minimum atomic E-state index is -0.518.